The summed E-state index contributed by atoms with van der Waals surface area (Å²) in [6.45, 7) is 10.8. The van der Waals surface area contributed by atoms with Crippen LogP contribution in [0.3, 0.4) is 0 Å². The Bertz CT molecular complexity index is 2810. The van der Waals surface area contributed by atoms with E-state index < -0.39 is 0 Å². The molecule has 0 saturated carbocycles. The molecule has 0 saturated heterocycles. The summed E-state index contributed by atoms with van der Waals surface area (Å²) < 4.78 is 8.74. The number of guanidine groups is 1. The molecule has 6 aromatic rings. The second-order valence-electron chi connectivity index (χ2n) is 15.1. The minimum Gasteiger partial charge on any atom is -0.485 e. The van der Waals surface area contributed by atoms with E-state index in [2.05, 4.69) is 169 Å². The largest absolute Gasteiger partial charge is 0.485 e. The highest BCUT2D eigenvalue weighted by Gasteiger charge is 2.35. The van der Waals surface area contributed by atoms with Gasteiger partial charge in [-0.2, -0.15) is 0 Å². The van der Waals surface area contributed by atoms with Crippen LogP contribution in [-0.2, 0) is 0 Å². The van der Waals surface area contributed by atoms with Crippen molar-refractivity contribution in [3.05, 3.63) is 199 Å². The van der Waals surface area contributed by atoms with Gasteiger partial charge in [0.15, 0.2) is 0 Å². The van der Waals surface area contributed by atoms with E-state index in [1.807, 2.05) is 31.2 Å². The van der Waals surface area contributed by atoms with E-state index in [4.69, 9.17) is 15.5 Å². The Morgan fingerprint density at radius 2 is 1.64 bits per heavy atom. The lowest BCUT2D eigenvalue weighted by molar-refractivity contribution is 0.279. The van der Waals surface area contributed by atoms with Crippen molar-refractivity contribution in [1.29, 1.82) is 0 Å². The number of aromatic nitrogens is 1. The highest BCUT2D eigenvalue weighted by atomic mass is 16.5. The van der Waals surface area contributed by atoms with E-state index in [1.54, 1.807) is 0 Å². The van der Waals surface area contributed by atoms with Gasteiger partial charge >= 0.3 is 0 Å². The number of anilines is 1. The van der Waals surface area contributed by atoms with Crippen LogP contribution in [0.1, 0.15) is 70.1 Å². The van der Waals surface area contributed by atoms with Crippen LogP contribution in [0.15, 0.2) is 187 Å². The van der Waals surface area contributed by atoms with Gasteiger partial charge in [0, 0.05) is 57.8 Å². The van der Waals surface area contributed by atoms with Gasteiger partial charge < -0.3 is 15.0 Å². The molecule has 2 N–H and O–H groups in total. The first-order valence-corrected chi connectivity index (χ1v) is 20.4. The zero-order valence-electron chi connectivity index (χ0n) is 33.4. The smallest absolute Gasteiger partial charge is 0.205 e. The van der Waals surface area contributed by atoms with Gasteiger partial charge in [0.25, 0.3) is 0 Å². The molecular weight excluding hydrogens is 721 g/mol. The third-order valence-corrected chi connectivity index (χ3v) is 11.5. The third kappa shape index (κ3) is 7.08. The standard InChI is InChI=1S/C53H48N4O.CH4/c1-5-7-10-20-39(32-35(3)37-18-11-9-12-19-37)55-53(54)57-46(24-8-6-2)36(4)52-41(23-17-26-49(52)57)38-28-30-48-44(33-38)42-21-13-15-25-47(42)56(48)40-29-31-51-45(34-40)43-22-14-16-27-50(43)58-51;/h6-19,21-30,32-34,36,51H,3,5,20,31H2,1-2,4H3,(H2,54,55);1H4/b8-6-,10-7-,39-32-,46-24+;/t36?,51-;/m0./s1. The first-order valence-electron chi connectivity index (χ1n) is 20.4. The second-order valence-corrected chi connectivity index (χ2v) is 15.1. The molecule has 0 spiro atoms. The highest BCUT2D eigenvalue weighted by molar-refractivity contribution is 6.12. The van der Waals surface area contributed by atoms with Crippen LogP contribution in [0.2, 0.25) is 0 Å². The van der Waals surface area contributed by atoms with Crippen LogP contribution in [-0.4, -0.2) is 16.6 Å². The highest BCUT2D eigenvalue weighted by Crippen LogP contribution is 2.49. The van der Waals surface area contributed by atoms with Crippen LogP contribution in [0, 0.1) is 0 Å². The fourth-order valence-corrected chi connectivity index (χ4v) is 8.81. The molecule has 2 aliphatic heterocycles. The van der Waals surface area contributed by atoms with Crippen LogP contribution < -0.4 is 15.4 Å². The quantitative estimate of drug-likeness (QED) is 0.0689. The van der Waals surface area contributed by atoms with Gasteiger partial charge in [-0.3, -0.25) is 4.90 Å². The minimum atomic E-state index is 0. The van der Waals surface area contributed by atoms with Crippen molar-refractivity contribution in [2.75, 3.05) is 4.90 Å². The van der Waals surface area contributed by atoms with E-state index >= 15 is 0 Å². The molecule has 5 aromatic carbocycles. The van der Waals surface area contributed by atoms with E-state index in [0.717, 1.165) is 46.8 Å². The van der Waals surface area contributed by atoms with E-state index in [9.17, 15) is 0 Å². The average Bonchev–Trinajstić information content (AvgIpc) is 3.89. The van der Waals surface area contributed by atoms with Crippen molar-refractivity contribution >= 4 is 50.3 Å². The van der Waals surface area contributed by atoms with Crippen molar-refractivity contribution in [2.45, 2.75) is 59.5 Å². The van der Waals surface area contributed by atoms with Gasteiger partial charge in [-0.1, -0.05) is 143 Å². The van der Waals surface area contributed by atoms with E-state index in [1.165, 1.54) is 55.3 Å². The van der Waals surface area contributed by atoms with Gasteiger partial charge in [0.05, 0.1) is 16.7 Å². The van der Waals surface area contributed by atoms with Gasteiger partial charge in [-0.25, -0.2) is 4.99 Å². The Morgan fingerprint density at radius 1 is 0.881 bits per heavy atom. The number of fused-ring (bicyclic) bond motifs is 7. The monoisotopic (exact) mass is 772 g/mol. The molecule has 3 heterocycles. The van der Waals surface area contributed by atoms with Crippen molar-refractivity contribution in [3.63, 3.8) is 0 Å². The van der Waals surface area contributed by atoms with Gasteiger partial charge in [0.1, 0.15) is 11.9 Å². The number of nitrogens with zero attached hydrogens (tertiary/aromatic N) is 3. The Kier molecular flexibility index (Phi) is 10.9. The Labute approximate surface area is 348 Å². The molecule has 5 heteroatoms. The maximum absolute atomic E-state index is 7.09. The lowest BCUT2D eigenvalue weighted by Crippen LogP contribution is -2.35. The molecule has 2 atom stereocenters. The zero-order valence-corrected chi connectivity index (χ0v) is 33.4. The van der Waals surface area contributed by atoms with Crippen LogP contribution in [0.5, 0.6) is 5.75 Å². The van der Waals surface area contributed by atoms with Crippen molar-refractivity contribution in [1.82, 2.24) is 4.57 Å². The number of aliphatic imine (C=N–C) groups is 1. The molecule has 1 aromatic heterocycles. The number of rotatable bonds is 9. The van der Waals surface area contributed by atoms with Crippen LogP contribution >= 0.6 is 0 Å². The van der Waals surface area contributed by atoms with Crippen LogP contribution in [0.25, 0.3) is 49.8 Å². The number of ether oxygens (including phenoxy) is 1. The number of hydrogen-bond acceptors (Lipinski definition) is 2. The zero-order chi connectivity index (χ0) is 39.8. The Balaban J connectivity index is 0.00000484. The first-order chi connectivity index (χ1) is 28.4. The molecule has 0 fully saturated rings. The summed E-state index contributed by atoms with van der Waals surface area (Å²) in [6, 6.07) is 40.8. The molecule has 0 radical (unpaired) electrons. The minimum absolute atomic E-state index is 0. The predicted octanol–water partition coefficient (Wildman–Crippen LogP) is 13.8. The number of allylic oxidation sites excluding steroid dienone is 10. The lowest BCUT2D eigenvalue weighted by atomic mass is 9.90. The summed E-state index contributed by atoms with van der Waals surface area (Å²) in [5.74, 6) is 1.46. The van der Waals surface area contributed by atoms with Gasteiger partial charge in [-0.15, -0.1) is 0 Å². The van der Waals surface area contributed by atoms with Gasteiger partial charge in [-0.05, 0) is 89.7 Å². The van der Waals surface area contributed by atoms with E-state index in [-0.39, 0.29) is 19.4 Å². The molecule has 59 heavy (non-hydrogen) atoms. The molecular formula is C54H52N4O. The fourth-order valence-electron chi connectivity index (χ4n) is 8.81. The molecule has 3 aliphatic rings. The fraction of sp³-hybridized carbons (Fsp3) is 0.167. The molecule has 0 bridgehead atoms. The first kappa shape index (κ1) is 39.0. The maximum Gasteiger partial charge on any atom is 0.205 e. The number of hydrogen-bond donors (Lipinski definition) is 1. The number of nitrogens with two attached hydrogens (primary N) is 1. The third-order valence-electron chi connectivity index (χ3n) is 11.5. The topological polar surface area (TPSA) is 55.8 Å². The summed E-state index contributed by atoms with van der Waals surface area (Å²) in [7, 11) is 0. The summed E-state index contributed by atoms with van der Waals surface area (Å²) in [4.78, 5) is 7.27. The predicted molar refractivity (Wildman–Crippen MR) is 252 cm³/mol. The molecule has 9 rings (SSSR count). The maximum atomic E-state index is 7.09. The molecule has 1 unspecified atom stereocenters. The van der Waals surface area contributed by atoms with Crippen LogP contribution in [0.4, 0.5) is 5.69 Å². The number of para-hydroxylation sites is 2. The Hall–Kier alpha value is -6.85. The van der Waals surface area contributed by atoms with Crippen molar-refractivity contribution < 1.29 is 4.74 Å². The SMILES string of the molecule is C.C=C(/C=C(/C/C=C\CC)N=C(N)N1/C(=C/C=C\C)C(C)c2c(-c3ccc4c(c3)c3ccccc3n4C3=CC[C@@H]4Oc5ccccc5C4=C3)cccc21)c1ccccc1. The normalized spacial score (nSPS) is 18.2. The van der Waals surface area contributed by atoms with Crippen molar-refractivity contribution in [2.24, 2.45) is 10.7 Å². The van der Waals surface area contributed by atoms with E-state index in [0.29, 0.717) is 12.4 Å². The van der Waals surface area contributed by atoms with Crippen molar-refractivity contribution in [3.8, 4) is 16.9 Å². The molecule has 1 aliphatic carbocycles. The average molecular weight is 773 g/mol. The summed E-state index contributed by atoms with van der Waals surface area (Å²) >= 11 is 0. The molecule has 0 amide bonds. The summed E-state index contributed by atoms with van der Waals surface area (Å²) in [6.07, 6.45) is 19.8. The Morgan fingerprint density at radius 3 is 2.47 bits per heavy atom. The number of benzene rings is 5. The lowest BCUT2D eigenvalue weighted by Gasteiger charge is -2.22. The van der Waals surface area contributed by atoms with Gasteiger partial charge in [0.2, 0.25) is 5.96 Å². The molecule has 5 nitrogen and oxygen atoms in total. The second kappa shape index (κ2) is 16.6. The summed E-state index contributed by atoms with van der Waals surface area (Å²) in [5, 5.41) is 2.45. The summed E-state index contributed by atoms with van der Waals surface area (Å²) in [5.41, 5.74) is 21.6. The molecule has 294 valence electrons.